The van der Waals surface area contributed by atoms with E-state index in [1.54, 1.807) is 12.1 Å². The number of non-ortho nitro benzene ring substituents is 1. The fraction of sp³-hybridized carbons (Fsp3) is 0.667. The van der Waals surface area contributed by atoms with E-state index in [1.807, 2.05) is 0 Å². The van der Waals surface area contributed by atoms with E-state index in [0.29, 0.717) is 12.6 Å². The van der Waals surface area contributed by atoms with Gasteiger partial charge in [0.2, 0.25) is 0 Å². The van der Waals surface area contributed by atoms with Gasteiger partial charge in [-0.25, -0.2) is 0 Å². The molecule has 2 N–H and O–H groups in total. The largest absolute Gasteiger partial charge is 0.387 e. The lowest BCUT2D eigenvalue weighted by atomic mass is 9.63. The lowest BCUT2D eigenvalue weighted by Crippen LogP contribution is -2.44. The topological polar surface area (TPSA) is 75.4 Å². The van der Waals surface area contributed by atoms with Crippen molar-refractivity contribution in [2.24, 2.45) is 17.8 Å². The summed E-state index contributed by atoms with van der Waals surface area (Å²) in [6, 6.07) is 6.58. The van der Waals surface area contributed by atoms with Crippen molar-refractivity contribution in [1.29, 1.82) is 0 Å². The van der Waals surface area contributed by atoms with E-state index in [2.05, 4.69) is 12.2 Å². The lowest BCUT2D eigenvalue weighted by molar-refractivity contribution is -0.384. The normalized spacial score (nSPS) is 29.2. The third-order valence-electron chi connectivity index (χ3n) is 5.87. The second kappa shape index (κ2) is 6.97. The number of fused-ring (bicyclic) bond motifs is 3. The van der Waals surface area contributed by atoms with E-state index >= 15 is 0 Å². The molecule has 126 valence electrons. The first-order valence-corrected chi connectivity index (χ1v) is 8.70. The Bertz CT molecular complexity index is 538. The van der Waals surface area contributed by atoms with Crippen molar-refractivity contribution in [3.63, 3.8) is 0 Å². The molecular formula is C18H26N2O3. The Morgan fingerprint density at radius 3 is 2.43 bits per heavy atom. The molecule has 2 bridgehead atoms. The van der Waals surface area contributed by atoms with Crippen molar-refractivity contribution >= 4 is 5.69 Å². The van der Waals surface area contributed by atoms with Crippen LogP contribution in [0.2, 0.25) is 0 Å². The van der Waals surface area contributed by atoms with Crippen molar-refractivity contribution in [2.75, 3.05) is 6.54 Å². The van der Waals surface area contributed by atoms with Crippen LogP contribution in [-0.2, 0) is 0 Å². The summed E-state index contributed by atoms with van der Waals surface area (Å²) < 4.78 is 0. The Morgan fingerprint density at radius 2 is 1.91 bits per heavy atom. The predicted molar refractivity (Wildman–Crippen MR) is 89.1 cm³/mol. The van der Waals surface area contributed by atoms with E-state index in [0.717, 1.165) is 23.3 Å². The van der Waals surface area contributed by atoms with E-state index < -0.39 is 11.0 Å². The van der Waals surface area contributed by atoms with Gasteiger partial charge in [-0.15, -0.1) is 0 Å². The summed E-state index contributed by atoms with van der Waals surface area (Å²) in [5, 5.41) is 24.5. The van der Waals surface area contributed by atoms with Gasteiger partial charge in [0.15, 0.2) is 0 Å². The molecule has 3 saturated carbocycles. The number of hydrogen-bond acceptors (Lipinski definition) is 4. The summed E-state index contributed by atoms with van der Waals surface area (Å²) in [6.45, 7) is 2.72. The zero-order chi connectivity index (χ0) is 16.4. The molecule has 0 amide bonds. The van der Waals surface area contributed by atoms with Crippen molar-refractivity contribution in [2.45, 2.75) is 51.2 Å². The maximum Gasteiger partial charge on any atom is 0.269 e. The quantitative estimate of drug-likeness (QED) is 0.622. The average molecular weight is 318 g/mol. The molecule has 0 spiro atoms. The van der Waals surface area contributed by atoms with Crippen LogP contribution < -0.4 is 5.32 Å². The standard InChI is InChI=1S/C18H26N2O3/c1-12(17-10-13-2-4-14(17)5-3-13)19-11-18(21)15-6-8-16(9-7-15)20(22)23/h6-9,12-14,17-19,21H,2-5,10-11H2,1H3. The zero-order valence-corrected chi connectivity index (χ0v) is 13.6. The SMILES string of the molecule is CC(NCC(O)c1ccc([N+](=O)[O-])cc1)C1CC2CCC1CC2. The molecule has 4 rings (SSSR count). The van der Waals surface area contributed by atoms with E-state index in [-0.39, 0.29) is 5.69 Å². The minimum atomic E-state index is -0.626. The van der Waals surface area contributed by atoms with E-state index in [4.69, 9.17) is 0 Å². The third-order valence-corrected chi connectivity index (χ3v) is 5.87. The first kappa shape index (κ1) is 16.4. The van der Waals surface area contributed by atoms with Crippen LogP contribution in [0.15, 0.2) is 24.3 Å². The summed E-state index contributed by atoms with van der Waals surface area (Å²) in [7, 11) is 0. The summed E-state index contributed by atoms with van der Waals surface area (Å²) >= 11 is 0. The summed E-state index contributed by atoms with van der Waals surface area (Å²) in [4.78, 5) is 10.2. The Balaban J connectivity index is 1.52. The smallest absolute Gasteiger partial charge is 0.269 e. The number of aliphatic hydroxyl groups excluding tert-OH is 1. The molecule has 1 aromatic carbocycles. The monoisotopic (exact) mass is 318 g/mol. The molecule has 5 heteroatoms. The highest BCUT2D eigenvalue weighted by atomic mass is 16.6. The van der Waals surface area contributed by atoms with Gasteiger partial charge in [0, 0.05) is 24.7 Å². The van der Waals surface area contributed by atoms with Gasteiger partial charge >= 0.3 is 0 Å². The molecule has 3 aliphatic carbocycles. The Morgan fingerprint density at radius 1 is 1.26 bits per heavy atom. The lowest BCUT2D eigenvalue weighted by Gasteiger charge is -2.45. The van der Waals surface area contributed by atoms with E-state index in [1.165, 1.54) is 44.2 Å². The highest BCUT2D eigenvalue weighted by molar-refractivity contribution is 5.33. The Hall–Kier alpha value is -1.46. The fourth-order valence-electron chi connectivity index (χ4n) is 4.43. The van der Waals surface area contributed by atoms with Crippen LogP contribution in [0.5, 0.6) is 0 Å². The van der Waals surface area contributed by atoms with Gasteiger partial charge in [0.05, 0.1) is 11.0 Å². The number of nitrogens with zero attached hydrogens (tertiary/aromatic N) is 1. The van der Waals surface area contributed by atoms with Crippen molar-refractivity contribution in [1.82, 2.24) is 5.32 Å². The Kier molecular flexibility index (Phi) is 4.97. The molecule has 0 aromatic heterocycles. The maximum atomic E-state index is 10.7. The Labute approximate surface area is 137 Å². The minimum Gasteiger partial charge on any atom is -0.387 e. The van der Waals surface area contributed by atoms with Crippen molar-refractivity contribution in [3.8, 4) is 0 Å². The van der Waals surface area contributed by atoms with Gasteiger partial charge in [-0.3, -0.25) is 10.1 Å². The molecule has 3 fully saturated rings. The van der Waals surface area contributed by atoms with Crippen LogP contribution in [0.3, 0.4) is 0 Å². The van der Waals surface area contributed by atoms with E-state index in [9.17, 15) is 15.2 Å². The summed E-state index contributed by atoms with van der Waals surface area (Å²) in [5.41, 5.74) is 0.779. The molecule has 3 aliphatic rings. The number of nitrogens with one attached hydrogen (secondary N) is 1. The molecule has 1 aromatic rings. The number of rotatable bonds is 6. The average Bonchev–Trinajstić information content (AvgIpc) is 2.60. The highest BCUT2D eigenvalue weighted by Gasteiger charge is 2.37. The summed E-state index contributed by atoms with van der Waals surface area (Å²) in [6.07, 6.45) is 6.24. The van der Waals surface area contributed by atoms with Gasteiger partial charge in [-0.2, -0.15) is 0 Å². The molecule has 0 saturated heterocycles. The number of nitro benzene ring substituents is 1. The maximum absolute atomic E-state index is 10.7. The van der Waals surface area contributed by atoms with Gasteiger partial charge < -0.3 is 10.4 Å². The van der Waals surface area contributed by atoms with Crippen molar-refractivity contribution < 1.29 is 10.0 Å². The number of benzene rings is 1. The third kappa shape index (κ3) is 3.72. The number of nitro groups is 1. The van der Waals surface area contributed by atoms with Gasteiger partial charge in [-0.05, 0) is 61.6 Å². The van der Waals surface area contributed by atoms with Gasteiger partial charge in [0.1, 0.15) is 0 Å². The molecule has 5 nitrogen and oxygen atoms in total. The molecule has 0 heterocycles. The van der Waals surface area contributed by atoms with Crippen LogP contribution in [-0.4, -0.2) is 22.6 Å². The van der Waals surface area contributed by atoms with Crippen molar-refractivity contribution in [3.05, 3.63) is 39.9 Å². The minimum absolute atomic E-state index is 0.0560. The highest BCUT2D eigenvalue weighted by Crippen LogP contribution is 2.46. The van der Waals surface area contributed by atoms with Crippen LogP contribution in [0.25, 0.3) is 0 Å². The van der Waals surface area contributed by atoms with Crippen LogP contribution >= 0.6 is 0 Å². The molecule has 0 aliphatic heterocycles. The molecule has 23 heavy (non-hydrogen) atoms. The van der Waals surface area contributed by atoms with Crippen LogP contribution in [0.1, 0.15) is 50.7 Å². The first-order chi connectivity index (χ1) is 11.0. The second-order valence-corrected chi connectivity index (χ2v) is 7.24. The number of aliphatic hydroxyl groups is 1. The molecule has 3 unspecified atom stereocenters. The zero-order valence-electron chi connectivity index (χ0n) is 13.6. The summed E-state index contributed by atoms with van der Waals surface area (Å²) in [5.74, 6) is 2.49. The molecule has 0 radical (unpaired) electrons. The molecular weight excluding hydrogens is 292 g/mol. The van der Waals surface area contributed by atoms with Gasteiger partial charge in [0.25, 0.3) is 5.69 Å². The molecule has 3 atom stereocenters. The number of hydrogen-bond donors (Lipinski definition) is 2. The van der Waals surface area contributed by atoms with Crippen LogP contribution in [0.4, 0.5) is 5.69 Å². The first-order valence-electron chi connectivity index (χ1n) is 8.70. The second-order valence-electron chi connectivity index (χ2n) is 7.24. The fourth-order valence-corrected chi connectivity index (χ4v) is 4.43. The predicted octanol–water partition coefficient (Wildman–Crippen LogP) is 3.43. The van der Waals surface area contributed by atoms with Gasteiger partial charge in [-0.1, -0.05) is 12.8 Å². The van der Waals surface area contributed by atoms with Crippen LogP contribution in [0, 0.1) is 27.9 Å².